The first-order chi connectivity index (χ1) is 4.66. The Morgan fingerprint density at radius 1 is 1.70 bits per heavy atom. The molecule has 10 heavy (non-hydrogen) atoms. The maximum Gasteiger partial charge on any atom is 0.505 e. The Morgan fingerprint density at radius 2 is 2.30 bits per heavy atom. The highest BCUT2D eigenvalue weighted by molar-refractivity contribution is 5.56. The summed E-state index contributed by atoms with van der Waals surface area (Å²) in [4.78, 5) is 9.81. The number of hydrogen-bond acceptors (Lipinski definition) is 3. The van der Waals surface area contributed by atoms with E-state index < -0.39 is 6.16 Å². The summed E-state index contributed by atoms with van der Waals surface area (Å²) < 4.78 is 9.11. The van der Waals surface area contributed by atoms with Crippen LogP contribution in [0.15, 0.2) is 0 Å². The van der Waals surface area contributed by atoms with Gasteiger partial charge in [0.2, 0.25) is 0 Å². The lowest BCUT2D eigenvalue weighted by Crippen LogP contribution is -2.11. The van der Waals surface area contributed by atoms with Crippen LogP contribution in [0, 0.1) is 0 Å². The van der Waals surface area contributed by atoms with Crippen molar-refractivity contribution < 1.29 is 19.4 Å². The highest BCUT2D eigenvalue weighted by atomic mass is 16.7. The third-order valence-corrected chi connectivity index (χ3v) is 1.15. The van der Waals surface area contributed by atoms with E-state index in [1.807, 2.05) is 6.92 Å². The van der Waals surface area contributed by atoms with E-state index in [-0.39, 0.29) is 12.7 Å². The maximum absolute atomic E-state index is 9.81. The minimum absolute atomic E-state index is 0.0550. The van der Waals surface area contributed by atoms with Crippen molar-refractivity contribution in [2.75, 3.05) is 13.7 Å². The zero-order valence-electron chi connectivity index (χ0n) is 6.16. The number of carboxylic acid groups (broad SMARTS) is 1. The summed E-state index contributed by atoms with van der Waals surface area (Å²) in [6, 6.07) is 0. The summed E-state index contributed by atoms with van der Waals surface area (Å²) in [6.07, 6.45) is -0.578. The van der Waals surface area contributed by atoms with Crippen molar-refractivity contribution in [1.82, 2.24) is 0 Å². The molecule has 0 aromatic rings. The third kappa shape index (κ3) is 5.37. The predicted octanol–water partition coefficient (Wildman–Crippen LogP) is 1.11. The third-order valence-electron chi connectivity index (χ3n) is 1.15. The second-order valence-corrected chi connectivity index (χ2v) is 1.95. The van der Waals surface area contributed by atoms with Crippen LogP contribution in [-0.2, 0) is 9.47 Å². The maximum atomic E-state index is 9.81. The molecule has 0 aromatic carbocycles. The van der Waals surface area contributed by atoms with Gasteiger partial charge in [-0.05, 0) is 6.92 Å². The van der Waals surface area contributed by atoms with E-state index in [0.29, 0.717) is 6.42 Å². The molecule has 0 saturated heterocycles. The fourth-order valence-electron chi connectivity index (χ4n) is 0.430. The van der Waals surface area contributed by atoms with E-state index in [4.69, 9.17) is 9.84 Å². The van der Waals surface area contributed by atoms with Crippen LogP contribution in [0.4, 0.5) is 4.79 Å². The van der Waals surface area contributed by atoms with Crippen LogP contribution < -0.4 is 0 Å². The minimum atomic E-state index is -1.23. The van der Waals surface area contributed by atoms with E-state index in [1.54, 1.807) is 7.11 Å². The van der Waals surface area contributed by atoms with Crippen LogP contribution >= 0.6 is 0 Å². The van der Waals surface area contributed by atoms with Crippen molar-refractivity contribution in [1.29, 1.82) is 0 Å². The van der Waals surface area contributed by atoms with Crippen molar-refractivity contribution in [2.24, 2.45) is 0 Å². The quantitative estimate of drug-likeness (QED) is 0.606. The van der Waals surface area contributed by atoms with Gasteiger partial charge in [0.05, 0.1) is 12.7 Å². The molecule has 0 bridgehead atoms. The molecule has 0 saturated carbocycles. The van der Waals surface area contributed by atoms with Gasteiger partial charge in [-0.1, -0.05) is 0 Å². The molecule has 0 fully saturated rings. The van der Waals surface area contributed by atoms with E-state index >= 15 is 0 Å². The molecular weight excluding hydrogens is 136 g/mol. The van der Waals surface area contributed by atoms with E-state index in [0.717, 1.165) is 0 Å². The number of carbonyl (C=O) groups is 1. The van der Waals surface area contributed by atoms with Crippen LogP contribution in [0.5, 0.6) is 0 Å². The highest BCUT2D eigenvalue weighted by Crippen LogP contribution is 1.94. The van der Waals surface area contributed by atoms with E-state index in [1.165, 1.54) is 0 Å². The predicted molar refractivity (Wildman–Crippen MR) is 35.1 cm³/mol. The molecule has 0 aliphatic rings. The van der Waals surface area contributed by atoms with Gasteiger partial charge in [0.15, 0.2) is 0 Å². The van der Waals surface area contributed by atoms with Crippen LogP contribution in [0.2, 0.25) is 0 Å². The topological polar surface area (TPSA) is 55.8 Å². The molecule has 60 valence electrons. The van der Waals surface area contributed by atoms with Gasteiger partial charge < -0.3 is 14.6 Å². The van der Waals surface area contributed by atoms with Crippen molar-refractivity contribution in [3.8, 4) is 0 Å². The van der Waals surface area contributed by atoms with Crippen molar-refractivity contribution >= 4 is 6.16 Å². The number of methoxy groups -OCH3 is 1. The monoisotopic (exact) mass is 148 g/mol. The summed E-state index contributed by atoms with van der Waals surface area (Å²) in [7, 11) is 1.57. The lowest BCUT2D eigenvalue weighted by molar-refractivity contribution is 0.0589. The fraction of sp³-hybridized carbons (Fsp3) is 0.833. The SMILES string of the molecule is COC(C)CCOC(=O)O. The molecule has 0 aliphatic heterocycles. The lowest BCUT2D eigenvalue weighted by Gasteiger charge is -2.07. The lowest BCUT2D eigenvalue weighted by atomic mass is 10.3. The van der Waals surface area contributed by atoms with Crippen molar-refractivity contribution in [3.63, 3.8) is 0 Å². The van der Waals surface area contributed by atoms with Gasteiger partial charge in [-0.2, -0.15) is 0 Å². The molecule has 0 aliphatic carbocycles. The molecule has 1 N–H and O–H groups in total. The van der Waals surface area contributed by atoms with Crippen LogP contribution in [-0.4, -0.2) is 31.1 Å². The Morgan fingerprint density at radius 3 is 2.70 bits per heavy atom. The standard InChI is InChI=1S/C6H12O4/c1-5(9-2)3-4-10-6(7)8/h5H,3-4H2,1-2H3,(H,7,8). The normalized spacial score (nSPS) is 12.6. The smallest absolute Gasteiger partial charge is 0.450 e. The Labute approximate surface area is 59.7 Å². The zero-order valence-corrected chi connectivity index (χ0v) is 6.16. The van der Waals surface area contributed by atoms with E-state index in [2.05, 4.69) is 4.74 Å². The fourth-order valence-corrected chi connectivity index (χ4v) is 0.430. The van der Waals surface area contributed by atoms with Gasteiger partial charge in [0.1, 0.15) is 0 Å². The molecule has 1 atom stereocenters. The molecule has 4 nitrogen and oxygen atoms in total. The van der Waals surface area contributed by atoms with Crippen LogP contribution in [0.3, 0.4) is 0 Å². The Kier molecular flexibility index (Phi) is 4.66. The van der Waals surface area contributed by atoms with Gasteiger partial charge in [0.25, 0.3) is 0 Å². The summed E-state index contributed by atoms with van der Waals surface area (Å²) in [5.41, 5.74) is 0. The summed E-state index contributed by atoms with van der Waals surface area (Å²) in [5.74, 6) is 0. The average molecular weight is 148 g/mol. The second-order valence-electron chi connectivity index (χ2n) is 1.95. The molecule has 0 aromatic heterocycles. The van der Waals surface area contributed by atoms with Crippen molar-refractivity contribution in [2.45, 2.75) is 19.4 Å². The molecular formula is C6H12O4. The largest absolute Gasteiger partial charge is 0.505 e. The number of rotatable bonds is 4. The van der Waals surface area contributed by atoms with Gasteiger partial charge in [-0.15, -0.1) is 0 Å². The summed E-state index contributed by atoms with van der Waals surface area (Å²) >= 11 is 0. The second kappa shape index (κ2) is 5.05. The Bertz CT molecular complexity index is 102. The Balaban J connectivity index is 3.11. The molecule has 0 heterocycles. The summed E-state index contributed by atoms with van der Waals surface area (Å²) in [5, 5.41) is 8.04. The molecule has 0 rings (SSSR count). The number of ether oxygens (including phenoxy) is 2. The zero-order chi connectivity index (χ0) is 7.98. The van der Waals surface area contributed by atoms with Gasteiger partial charge >= 0.3 is 6.16 Å². The molecule has 4 heteroatoms. The van der Waals surface area contributed by atoms with Crippen molar-refractivity contribution in [3.05, 3.63) is 0 Å². The van der Waals surface area contributed by atoms with Gasteiger partial charge in [-0.3, -0.25) is 0 Å². The first kappa shape index (κ1) is 9.23. The summed E-state index contributed by atoms with van der Waals surface area (Å²) in [6.45, 7) is 2.05. The average Bonchev–Trinajstić information content (AvgIpc) is 1.87. The highest BCUT2D eigenvalue weighted by Gasteiger charge is 2.00. The van der Waals surface area contributed by atoms with E-state index in [9.17, 15) is 4.79 Å². The number of hydrogen-bond donors (Lipinski definition) is 1. The molecule has 1 unspecified atom stereocenters. The molecule has 0 spiro atoms. The first-order valence-electron chi connectivity index (χ1n) is 3.05. The molecule has 0 amide bonds. The first-order valence-corrected chi connectivity index (χ1v) is 3.05. The molecule has 0 radical (unpaired) electrons. The van der Waals surface area contributed by atoms with Gasteiger partial charge in [0, 0.05) is 13.5 Å². The van der Waals surface area contributed by atoms with Crippen LogP contribution in [0.1, 0.15) is 13.3 Å². The minimum Gasteiger partial charge on any atom is -0.450 e. The Hall–Kier alpha value is -0.770. The van der Waals surface area contributed by atoms with Gasteiger partial charge in [-0.25, -0.2) is 4.79 Å². The van der Waals surface area contributed by atoms with Crippen LogP contribution in [0.25, 0.3) is 0 Å².